The van der Waals surface area contributed by atoms with Gasteiger partial charge in [-0.15, -0.1) is 0 Å². The predicted octanol–water partition coefficient (Wildman–Crippen LogP) is 3.50. The number of rotatable bonds is 5. The summed E-state index contributed by atoms with van der Waals surface area (Å²) in [5.74, 6) is 0. The standard InChI is InChI=1S/C13H14BrN3S/c1-2-15-8-10-3-4-11(7-12(10)14)18-13-9-16-5-6-17-13/h3-7,9,15H,2,8H2,1H3. The zero-order chi connectivity index (χ0) is 12.8. The lowest BCUT2D eigenvalue weighted by atomic mass is 10.2. The molecule has 1 heterocycles. The van der Waals surface area contributed by atoms with Crippen LogP contribution in [0.15, 0.2) is 51.2 Å². The Morgan fingerprint density at radius 1 is 1.33 bits per heavy atom. The molecule has 0 aliphatic rings. The maximum absolute atomic E-state index is 4.25. The number of aromatic nitrogens is 2. The molecule has 18 heavy (non-hydrogen) atoms. The third-order valence-electron chi connectivity index (χ3n) is 2.35. The number of nitrogens with one attached hydrogen (secondary N) is 1. The van der Waals surface area contributed by atoms with Crippen molar-refractivity contribution in [3.05, 3.63) is 46.8 Å². The Bertz CT molecular complexity index is 505. The first-order valence-electron chi connectivity index (χ1n) is 5.72. The maximum Gasteiger partial charge on any atom is 0.119 e. The Morgan fingerprint density at radius 3 is 2.89 bits per heavy atom. The van der Waals surface area contributed by atoms with Gasteiger partial charge in [0.1, 0.15) is 5.03 Å². The van der Waals surface area contributed by atoms with Crippen LogP contribution in [0.2, 0.25) is 0 Å². The average Bonchev–Trinajstić information content (AvgIpc) is 2.39. The smallest absolute Gasteiger partial charge is 0.119 e. The molecule has 2 rings (SSSR count). The fraction of sp³-hybridized carbons (Fsp3) is 0.231. The molecule has 0 radical (unpaired) electrons. The van der Waals surface area contributed by atoms with Gasteiger partial charge in [-0.25, -0.2) is 4.98 Å². The molecular weight excluding hydrogens is 310 g/mol. The lowest BCUT2D eigenvalue weighted by Gasteiger charge is -2.07. The van der Waals surface area contributed by atoms with Crippen molar-refractivity contribution in [1.82, 2.24) is 15.3 Å². The highest BCUT2D eigenvalue weighted by Crippen LogP contribution is 2.29. The number of halogens is 1. The Labute approximate surface area is 120 Å². The van der Waals surface area contributed by atoms with E-state index in [1.54, 1.807) is 30.4 Å². The first kappa shape index (κ1) is 13.5. The predicted molar refractivity (Wildman–Crippen MR) is 77.7 cm³/mol. The normalized spacial score (nSPS) is 10.6. The fourth-order valence-corrected chi connectivity index (χ4v) is 2.91. The van der Waals surface area contributed by atoms with Crippen molar-refractivity contribution in [2.75, 3.05) is 6.54 Å². The molecule has 0 aliphatic carbocycles. The van der Waals surface area contributed by atoms with Crippen LogP contribution in [0, 0.1) is 0 Å². The summed E-state index contributed by atoms with van der Waals surface area (Å²) in [5.41, 5.74) is 1.26. The summed E-state index contributed by atoms with van der Waals surface area (Å²) < 4.78 is 1.12. The van der Waals surface area contributed by atoms with E-state index in [4.69, 9.17) is 0 Å². The number of hydrogen-bond donors (Lipinski definition) is 1. The second kappa shape index (κ2) is 6.87. The Hall–Kier alpha value is -0.910. The largest absolute Gasteiger partial charge is 0.313 e. The SMILES string of the molecule is CCNCc1ccc(Sc2cnccn2)cc1Br. The lowest BCUT2D eigenvalue weighted by Crippen LogP contribution is -2.11. The van der Waals surface area contributed by atoms with Gasteiger partial charge in [-0.1, -0.05) is 40.7 Å². The minimum atomic E-state index is 0.882. The van der Waals surface area contributed by atoms with Crippen LogP contribution in [0.4, 0.5) is 0 Å². The van der Waals surface area contributed by atoms with Crippen molar-refractivity contribution in [2.45, 2.75) is 23.4 Å². The van der Waals surface area contributed by atoms with Crippen molar-refractivity contribution in [2.24, 2.45) is 0 Å². The molecule has 0 saturated heterocycles. The van der Waals surface area contributed by atoms with E-state index in [0.717, 1.165) is 27.5 Å². The van der Waals surface area contributed by atoms with E-state index >= 15 is 0 Å². The summed E-state index contributed by atoms with van der Waals surface area (Å²) in [5, 5.41) is 4.22. The topological polar surface area (TPSA) is 37.8 Å². The van der Waals surface area contributed by atoms with Gasteiger partial charge in [0.2, 0.25) is 0 Å². The quantitative estimate of drug-likeness (QED) is 0.913. The molecule has 0 spiro atoms. The van der Waals surface area contributed by atoms with Crippen molar-refractivity contribution in [3.8, 4) is 0 Å². The van der Waals surface area contributed by atoms with E-state index in [-0.39, 0.29) is 0 Å². The van der Waals surface area contributed by atoms with Crippen molar-refractivity contribution >= 4 is 27.7 Å². The minimum absolute atomic E-state index is 0.882. The maximum atomic E-state index is 4.25. The van der Waals surface area contributed by atoms with Crippen LogP contribution in [0.3, 0.4) is 0 Å². The van der Waals surface area contributed by atoms with Gasteiger partial charge in [0.05, 0.1) is 6.20 Å². The summed E-state index contributed by atoms with van der Waals surface area (Å²) in [6, 6.07) is 6.36. The molecule has 5 heteroatoms. The molecular formula is C13H14BrN3S. The summed E-state index contributed by atoms with van der Waals surface area (Å²) in [4.78, 5) is 9.46. The van der Waals surface area contributed by atoms with Crippen molar-refractivity contribution in [3.63, 3.8) is 0 Å². The zero-order valence-electron chi connectivity index (χ0n) is 10.1. The first-order chi connectivity index (χ1) is 8.79. The van der Waals surface area contributed by atoms with Gasteiger partial charge in [-0.3, -0.25) is 4.98 Å². The molecule has 0 aliphatic heterocycles. The van der Waals surface area contributed by atoms with Crippen LogP contribution in [-0.2, 0) is 6.54 Å². The van der Waals surface area contributed by atoms with E-state index in [9.17, 15) is 0 Å². The molecule has 0 amide bonds. The van der Waals surface area contributed by atoms with Gasteiger partial charge in [-0.05, 0) is 24.2 Å². The second-order valence-corrected chi connectivity index (χ2v) is 5.63. The van der Waals surface area contributed by atoms with E-state index in [1.165, 1.54) is 5.56 Å². The summed E-state index contributed by atoms with van der Waals surface area (Å²) in [6.07, 6.45) is 5.15. The summed E-state index contributed by atoms with van der Waals surface area (Å²) in [7, 11) is 0. The van der Waals surface area contributed by atoms with Gasteiger partial charge in [0.15, 0.2) is 0 Å². The molecule has 1 aromatic heterocycles. The average molecular weight is 324 g/mol. The van der Waals surface area contributed by atoms with Crippen LogP contribution in [0.5, 0.6) is 0 Å². The van der Waals surface area contributed by atoms with Crippen LogP contribution in [0.1, 0.15) is 12.5 Å². The van der Waals surface area contributed by atoms with Gasteiger partial charge < -0.3 is 5.32 Å². The molecule has 94 valence electrons. The van der Waals surface area contributed by atoms with Crippen LogP contribution in [0.25, 0.3) is 0 Å². The second-order valence-electron chi connectivity index (χ2n) is 3.68. The monoisotopic (exact) mass is 323 g/mol. The lowest BCUT2D eigenvalue weighted by molar-refractivity contribution is 0.724. The molecule has 0 fully saturated rings. The molecule has 0 bridgehead atoms. The van der Waals surface area contributed by atoms with Crippen LogP contribution < -0.4 is 5.32 Å². The van der Waals surface area contributed by atoms with Crippen molar-refractivity contribution < 1.29 is 0 Å². The molecule has 0 unspecified atom stereocenters. The van der Waals surface area contributed by atoms with E-state index in [0.29, 0.717) is 0 Å². The Kier molecular flexibility index (Phi) is 5.16. The molecule has 0 atom stereocenters. The Morgan fingerprint density at radius 2 is 2.22 bits per heavy atom. The Balaban J connectivity index is 2.09. The molecule has 3 nitrogen and oxygen atoms in total. The van der Waals surface area contributed by atoms with E-state index in [2.05, 4.69) is 56.3 Å². The van der Waals surface area contributed by atoms with Gasteiger partial charge in [0, 0.05) is 28.3 Å². The zero-order valence-corrected chi connectivity index (χ0v) is 12.5. The summed E-state index contributed by atoms with van der Waals surface area (Å²) >= 11 is 5.21. The third-order valence-corrected chi connectivity index (χ3v) is 4.00. The first-order valence-corrected chi connectivity index (χ1v) is 7.33. The highest BCUT2D eigenvalue weighted by atomic mass is 79.9. The van der Waals surface area contributed by atoms with E-state index < -0.39 is 0 Å². The van der Waals surface area contributed by atoms with Gasteiger partial charge in [0.25, 0.3) is 0 Å². The highest BCUT2D eigenvalue weighted by molar-refractivity contribution is 9.10. The third kappa shape index (κ3) is 3.80. The van der Waals surface area contributed by atoms with Crippen molar-refractivity contribution in [1.29, 1.82) is 0 Å². The van der Waals surface area contributed by atoms with E-state index in [1.807, 2.05) is 0 Å². The number of hydrogen-bond acceptors (Lipinski definition) is 4. The molecule has 2 aromatic rings. The fourth-order valence-electron chi connectivity index (χ4n) is 1.45. The number of benzene rings is 1. The highest BCUT2D eigenvalue weighted by Gasteiger charge is 2.03. The molecule has 1 aromatic carbocycles. The summed E-state index contributed by atoms with van der Waals surface area (Å²) in [6.45, 7) is 3.96. The minimum Gasteiger partial charge on any atom is -0.313 e. The molecule has 1 N–H and O–H groups in total. The number of nitrogens with zero attached hydrogens (tertiary/aromatic N) is 2. The van der Waals surface area contributed by atoms with Gasteiger partial charge in [-0.2, -0.15) is 0 Å². The van der Waals surface area contributed by atoms with Crippen LogP contribution >= 0.6 is 27.7 Å². The van der Waals surface area contributed by atoms with Gasteiger partial charge >= 0.3 is 0 Å². The molecule has 0 saturated carbocycles. The van der Waals surface area contributed by atoms with Crippen LogP contribution in [-0.4, -0.2) is 16.5 Å².